The zero-order valence-electron chi connectivity index (χ0n) is 10.7. The number of hydrogen-bond donors (Lipinski definition) is 2. The first-order valence-electron chi connectivity index (χ1n) is 6.04. The summed E-state index contributed by atoms with van der Waals surface area (Å²) >= 11 is 1.67. The molecule has 96 valence electrons. The SMILES string of the molecule is CCCCCCCSC(C)(C)[C@H](N)C(=O)O. The summed E-state index contributed by atoms with van der Waals surface area (Å²) in [5, 5.41) is 8.85. The number of rotatable bonds is 9. The fraction of sp³-hybridized carbons (Fsp3) is 0.917. The number of carboxylic acids is 1. The summed E-state index contributed by atoms with van der Waals surface area (Å²) in [5.74, 6) is 0.0843. The molecule has 0 radical (unpaired) electrons. The predicted molar refractivity (Wildman–Crippen MR) is 70.9 cm³/mol. The van der Waals surface area contributed by atoms with Crippen LogP contribution in [0.25, 0.3) is 0 Å². The maximum Gasteiger partial charge on any atom is 0.321 e. The second-order valence-electron chi connectivity index (χ2n) is 4.68. The molecule has 0 heterocycles. The number of hydrogen-bond acceptors (Lipinski definition) is 3. The molecule has 0 aromatic rings. The van der Waals surface area contributed by atoms with Gasteiger partial charge in [-0.05, 0) is 26.0 Å². The normalized spacial score (nSPS) is 13.8. The van der Waals surface area contributed by atoms with Crippen LogP contribution in [0.3, 0.4) is 0 Å². The Kier molecular flexibility index (Phi) is 7.85. The van der Waals surface area contributed by atoms with Crippen molar-refractivity contribution < 1.29 is 9.90 Å². The van der Waals surface area contributed by atoms with E-state index in [4.69, 9.17) is 10.8 Å². The van der Waals surface area contributed by atoms with Crippen LogP contribution in [0.2, 0.25) is 0 Å². The Bertz CT molecular complexity index is 207. The van der Waals surface area contributed by atoms with Crippen LogP contribution in [0.5, 0.6) is 0 Å². The largest absolute Gasteiger partial charge is 0.480 e. The van der Waals surface area contributed by atoms with E-state index in [2.05, 4.69) is 6.92 Å². The topological polar surface area (TPSA) is 63.3 Å². The van der Waals surface area contributed by atoms with Crippen LogP contribution in [0.4, 0.5) is 0 Å². The van der Waals surface area contributed by atoms with Gasteiger partial charge in [0, 0.05) is 4.75 Å². The third-order valence-electron chi connectivity index (χ3n) is 2.74. The Labute approximate surface area is 103 Å². The lowest BCUT2D eigenvalue weighted by Crippen LogP contribution is -2.46. The van der Waals surface area contributed by atoms with Crippen molar-refractivity contribution in [3.8, 4) is 0 Å². The molecular formula is C12H25NO2S. The molecule has 0 aliphatic carbocycles. The third-order valence-corrected chi connectivity index (χ3v) is 4.23. The number of nitrogens with two attached hydrogens (primary N) is 1. The van der Waals surface area contributed by atoms with Gasteiger partial charge < -0.3 is 10.8 Å². The number of aliphatic carboxylic acids is 1. The van der Waals surface area contributed by atoms with Gasteiger partial charge in [0.2, 0.25) is 0 Å². The van der Waals surface area contributed by atoms with Crippen molar-refractivity contribution in [2.24, 2.45) is 5.73 Å². The van der Waals surface area contributed by atoms with Crippen LogP contribution >= 0.6 is 11.8 Å². The van der Waals surface area contributed by atoms with Gasteiger partial charge in [0.15, 0.2) is 0 Å². The standard InChI is InChI=1S/C12H25NO2S/c1-4-5-6-7-8-9-16-12(2,3)10(13)11(14)15/h10H,4-9,13H2,1-3H3,(H,14,15)/t10-/m1/s1. The first kappa shape index (κ1) is 15.8. The van der Waals surface area contributed by atoms with Crippen LogP contribution in [-0.2, 0) is 4.79 Å². The van der Waals surface area contributed by atoms with E-state index >= 15 is 0 Å². The van der Waals surface area contributed by atoms with Gasteiger partial charge in [0.05, 0.1) is 0 Å². The van der Waals surface area contributed by atoms with Gasteiger partial charge in [-0.3, -0.25) is 4.79 Å². The molecule has 3 nitrogen and oxygen atoms in total. The molecule has 0 bridgehead atoms. The van der Waals surface area contributed by atoms with E-state index in [1.54, 1.807) is 11.8 Å². The summed E-state index contributed by atoms with van der Waals surface area (Å²) in [7, 11) is 0. The van der Waals surface area contributed by atoms with E-state index in [0.717, 1.165) is 12.2 Å². The summed E-state index contributed by atoms with van der Waals surface area (Å²) in [6, 6.07) is -0.784. The first-order chi connectivity index (χ1) is 7.41. The molecule has 4 heteroatoms. The zero-order valence-corrected chi connectivity index (χ0v) is 11.5. The van der Waals surface area contributed by atoms with E-state index in [1.807, 2.05) is 13.8 Å². The Morgan fingerprint density at radius 3 is 2.38 bits per heavy atom. The second-order valence-corrected chi connectivity index (χ2v) is 6.43. The zero-order chi connectivity index (χ0) is 12.6. The maximum absolute atomic E-state index is 10.8. The van der Waals surface area contributed by atoms with Crippen molar-refractivity contribution in [3.63, 3.8) is 0 Å². The maximum atomic E-state index is 10.8. The molecule has 0 aromatic heterocycles. The van der Waals surface area contributed by atoms with Crippen molar-refractivity contribution in [2.45, 2.75) is 63.7 Å². The van der Waals surface area contributed by atoms with Gasteiger partial charge in [-0.15, -0.1) is 0 Å². The van der Waals surface area contributed by atoms with Gasteiger partial charge in [0.1, 0.15) is 6.04 Å². The smallest absolute Gasteiger partial charge is 0.321 e. The van der Waals surface area contributed by atoms with Crippen LogP contribution < -0.4 is 5.73 Å². The quantitative estimate of drug-likeness (QED) is 0.615. The fourth-order valence-corrected chi connectivity index (χ4v) is 2.58. The van der Waals surface area contributed by atoms with Crippen molar-refractivity contribution in [1.29, 1.82) is 0 Å². The van der Waals surface area contributed by atoms with Crippen molar-refractivity contribution in [1.82, 2.24) is 0 Å². The van der Waals surface area contributed by atoms with E-state index < -0.39 is 12.0 Å². The van der Waals surface area contributed by atoms with Gasteiger partial charge in [-0.25, -0.2) is 0 Å². The molecule has 0 unspecified atom stereocenters. The molecule has 0 rings (SSSR count). The van der Waals surface area contributed by atoms with Gasteiger partial charge >= 0.3 is 5.97 Å². The molecule has 0 aromatic carbocycles. The molecule has 0 amide bonds. The Hall–Kier alpha value is -0.220. The summed E-state index contributed by atoms with van der Waals surface area (Å²) < 4.78 is -0.378. The monoisotopic (exact) mass is 247 g/mol. The minimum absolute atomic E-state index is 0.378. The summed E-state index contributed by atoms with van der Waals surface area (Å²) in [5.41, 5.74) is 5.64. The highest BCUT2D eigenvalue weighted by atomic mass is 32.2. The van der Waals surface area contributed by atoms with E-state index in [0.29, 0.717) is 0 Å². The average molecular weight is 247 g/mol. The molecule has 0 aliphatic rings. The number of carbonyl (C=O) groups is 1. The summed E-state index contributed by atoms with van der Waals surface area (Å²) in [6.45, 7) is 6.01. The van der Waals surface area contributed by atoms with E-state index in [-0.39, 0.29) is 4.75 Å². The lowest BCUT2D eigenvalue weighted by molar-refractivity contribution is -0.139. The third kappa shape index (κ3) is 6.38. The van der Waals surface area contributed by atoms with E-state index in [9.17, 15) is 4.79 Å². The fourth-order valence-electron chi connectivity index (χ4n) is 1.43. The summed E-state index contributed by atoms with van der Waals surface area (Å²) in [4.78, 5) is 10.8. The highest BCUT2D eigenvalue weighted by Gasteiger charge is 2.32. The highest BCUT2D eigenvalue weighted by Crippen LogP contribution is 2.28. The Morgan fingerprint density at radius 2 is 1.88 bits per heavy atom. The molecule has 0 saturated carbocycles. The minimum atomic E-state index is -0.913. The predicted octanol–water partition coefficient (Wildman–Crippen LogP) is 2.88. The number of thioether (sulfide) groups is 1. The highest BCUT2D eigenvalue weighted by molar-refractivity contribution is 8.00. The minimum Gasteiger partial charge on any atom is -0.480 e. The molecule has 0 spiro atoms. The molecular weight excluding hydrogens is 222 g/mol. The Balaban J connectivity index is 3.70. The van der Waals surface area contributed by atoms with Crippen LogP contribution in [0.1, 0.15) is 52.9 Å². The molecule has 0 fully saturated rings. The Morgan fingerprint density at radius 1 is 1.31 bits per heavy atom. The van der Waals surface area contributed by atoms with Gasteiger partial charge in [0.25, 0.3) is 0 Å². The molecule has 3 N–H and O–H groups in total. The molecule has 0 saturated heterocycles. The average Bonchev–Trinajstić information content (AvgIpc) is 2.22. The van der Waals surface area contributed by atoms with Crippen molar-refractivity contribution in [3.05, 3.63) is 0 Å². The van der Waals surface area contributed by atoms with Gasteiger partial charge in [-0.1, -0.05) is 32.6 Å². The van der Waals surface area contributed by atoms with Crippen LogP contribution in [0.15, 0.2) is 0 Å². The lowest BCUT2D eigenvalue weighted by atomic mass is 10.1. The van der Waals surface area contributed by atoms with Crippen molar-refractivity contribution in [2.75, 3.05) is 5.75 Å². The van der Waals surface area contributed by atoms with Gasteiger partial charge in [-0.2, -0.15) is 11.8 Å². The molecule has 16 heavy (non-hydrogen) atoms. The summed E-state index contributed by atoms with van der Waals surface area (Å²) in [6.07, 6.45) is 6.22. The number of carboxylic acid groups (broad SMARTS) is 1. The second kappa shape index (κ2) is 7.96. The van der Waals surface area contributed by atoms with Crippen molar-refractivity contribution >= 4 is 17.7 Å². The van der Waals surface area contributed by atoms with Crippen LogP contribution in [0, 0.1) is 0 Å². The van der Waals surface area contributed by atoms with E-state index in [1.165, 1.54) is 25.7 Å². The molecule has 1 atom stereocenters. The number of unbranched alkanes of at least 4 members (excludes halogenated alkanes) is 4. The lowest BCUT2D eigenvalue weighted by Gasteiger charge is -2.27. The first-order valence-corrected chi connectivity index (χ1v) is 7.02. The van der Waals surface area contributed by atoms with Crippen LogP contribution in [-0.4, -0.2) is 27.6 Å². The molecule has 0 aliphatic heterocycles.